The summed E-state index contributed by atoms with van der Waals surface area (Å²) in [7, 11) is 0. The Bertz CT molecular complexity index is 560. The second-order valence-electron chi connectivity index (χ2n) is 3.81. The van der Waals surface area contributed by atoms with Crippen molar-refractivity contribution in [3.63, 3.8) is 0 Å². The molecule has 0 bridgehead atoms. The molecule has 0 aliphatic carbocycles. The number of aromatic nitrogens is 1. The molecule has 0 unspecified atom stereocenters. The Balaban J connectivity index is 2.25. The fraction of sp³-hybridized carbons (Fsp3) is 0.154. The third-order valence-electron chi connectivity index (χ3n) is 2.59. The predicted octanol–water partition coefficient (Wildman–Crippen LogP) is 2.12. The first-order valence-corrected chi connectivity index (χ1v) is 6.13. The van der Waals surface area contributed by atoms with Gasteiger partial charge in [-0.1, -0.05) is 24.3 Å². The van der Waals surface area contributed by atoms with Gasteiger partial charge in [0.25, 0.3) is 5.56 Å². The van der Waals surface area contributed by atoms with Crippen LogP contribution >= 0.6 is 15.9 Å². The smallest absolute Gasteiger partial charge is 0.265 e. The molecular weight excluding hydrogens is 280 g/mol. The molecule has 1 aromatic carbocycles. The average Bonchev–Trinajstić information content (AvgIpc) is 2.36. The highest BCUT2D eigenvalue weighted by Gasteiger charge is 2.01. The summed E-state index contributed by atoms with van der Waals surface area (Å²) in [5.74, 6) is 0. The van der Waals surface area contributed by atoms with Crippen molar-refractivity contribution < 1.29 is 0 Å². The van der Waals surface area contributed by atoms with E-state index in [0.29, 0.717) is 17.6 Å². The molecule has 4 heteroatoms. The Kier molecular flexibility index (Phi) is 3.76. The Morgan fingerprint density at radius 3 is 2.41 bits per heavy atom. The van der Waals surface area contributed by atoms with Crippen LogP contribution in [0.1, 0.15) is 11.1 Å². The van der Waals surface area contributed by atoms with Crippen molar-refractivity contribution in [1.29, 1.82) is 0 Å². The van der Waals surface area contributed by atoms with Gasteiger partial charge in [-0.05, 0) is 39.2 Å². The van der Waals surface area contributed by atoms with E-state index in [1.54, 1.807) is 16.8 Å². The number of halogens is 1. The van der Waals surface area contributed by atoms with Gasteiger partial charge in [0.15, 0.2) is 0 Å². The molecule has 0 saturated heterocycles. The quantitative estimate of drug-likeness (QED) is 0.942. The lowest BCUT2D eigenvalue weighted by Gasteiger charge is -2.06. The molecule has 0 atom stereocenters. The van der Waals surface area contributed by atoms with Crippen molar-refractivity contribution in [3.05, 3.63) is 68.5 Å². The number of hydrogen-bond donors (Lipinski definition) is 1. The molecule has 2 N–H and O–H groups in total. The van der Waals surface area contributed by atoms with E-state index in [9.17, 15) is 4.79 Å². The first kappa shape index (κ1) is 12.1. The number of rotatable bonds is 3. The summed E-state index contributed by atoms with van der Waals surface area (Å²) in [5, 5.41) is 0. The Morgan fingerprint density at radius 1 is 1.12 bits per heavy atom. The van der Waals surface area contributed by atoms with Gasteiger partial charge in [0.2, 0.25) is 0 Å². The van der Waals surface area contributed by atoms with Crippen molar-refractivity contribution in [2.45, 2.75) is 13.1 Å². The molecule has 17 heavy (non-hydrogen) atoms. The molecular formula is C13H13BrN2O. The van der Waals surface area contributed by atoms with Gasteiger partial charge in [-0.2, -0.15) is 0 Å². The van der Waals surface area contributed by atoms with Gasteiger partial charge in [0.1, 0.15) is 0 Å². The minimum atomic E-state index is -0.0181. The third-order valence-corrected chi connectivity index (χ3v) is 3.19. The van der Waals surface area contributed by atoms with Crippen molar-refractivity contribution in [1.82, 2.24) is 4.57 Å². The summed E-state index contributed by atoms with van der Waals surface area (Å²) >= 11 is 3.23. The van der Waals surface area contributed by atoms with Gasteiger partial charge in [-0.3, -0.25) is 4.79 Å². The van der Waals surface area contributed by atoms with E-state index in [2.05, 4.69) is 15.9 Å². The molecule has 0 aliphatic heterocycles. The van der Waals surface area contributed by atoms with E-state index in [0.717, 1.165) is 11.1 Å². The van der Waals surface area contributed by atoms with Gasteiger partial charge >= 0.3 is 0 Å². The first-order valence-electron chi connectivity index (χ1n) is 5.33. The molecule has 2 aromatic rings. The minimum absolute atomic E-state index is 0.0181. The first-order chi connectivity index (χ1) is 8.20. The Hall–Kier alpha value is -1.39. The molecule has 0 aliphatic rings. The lowest BCUT2D eigenvalue weighted by atomic mass is 10.1. The molecule has 88 valence electrons. The fourth-order valence-electron chi connectivity index (χ4n) is 1.61. The highest BCUT2D eigenvalue weighted by atomic mass is 79.9. The molecule has 0 saturated carbocycles. The minimum Gasteiger partial charge on any atom is -0.326 e. The molecule has 1 heterocycles. The summed E-state index contributed by atoms with van der Waals surface area (Å²) in [6, 6.07) is 11.6. The summed E-state index contributed by atoms with van der Waals surface area (Å²) in [4.78, 5) is 11.8. The molecule has 0 radical (unpaired) electrons. The summed E-state index contributed by atoms with van der Waals surface area (Å²) in [6.45, 7) is 1.11. The van der Waals surface area contributed by atoms with E-state index >= 15 is 0 Å². The van der Waals surface area contributed by atoms with E-state index < -0.39 is 0 Å². The van der Waals surface area contributed by atoms with Crippen molar-refractivity contribution in [2.75, 3.05) is 0 Å². The Labute approximate surface area is 108 Å². The van der Waals surface area contributed by atoms with E-state index in [1.807, 2.05) is 30.3 Å². The topological polar surface area (TPSA) is 48.0 Å². The van der Waals surface area contributed by atoms with Crippen LogP contribution < -0.4 is 11.3 Å². The van der Waals surface area contributed by atoms with Crippen LogP contribution in [0.3, 0.4) is 0 Å². The van der Waals surface area contributed by atoms with Crippen LogP contribution in [0, 0.1) is 0 Å². The molecule has 3 nitrogen and oxygen atoms in total. The zero-order chi connectivity index (χ0) is 12.3. The molecule has 0 spiro atoms. The summed E-state index contributed by atoms with van der Waals surface area (Å²) in [6.07, 6.45) is 1.78. The van der Waals surface area contributed by atoms with Crippen LogP contribution in [0.2, 0.25) is 0 Å². The molecule has 0 fully saturated rings. The van der Waals surface area contributed by atoms with Gasteiger partial charge < -0.3 is 10.3 Å². The van der Waals surface area contributed by atoms with E-state index in [4.69, 9.17) is 5.73 Å². The maximum absolute atomic E-state index is 11.8. The van der Waals surface area contributed by atoms with Crippen LogP contribution in [0.4, 0.5) is 0 Å². The van der Waals surface area contributed by atoms with Crippen LogP contribution in [-0.2, 0) is 13.1 Å². The summed E-state index contributed by atoms with van der Waals surface area (Å²) in [5.41, 5.74) is 7.70. The summed E-state index contributed by atoms with van der Waals surface area (Å²) < 4.78 is 2.25. The van der Waals surface area contributed by atoms with Crippen LogP contribution in [0.15, 0.2) is 51.9 Å². The molecule has 1 aromatic heterocycles. The SMILES string of the molecule is NCc1ccc(Cn2cccc(Br)c2=O)cc1. The monoisotopic (exact) mass is 292 g/mol. The zero-order valence-corrected chi connectivity index (χ0v) is 10.9. The number of pyridine rings is 1. The number of nitrogens with two attached hydrogens (primary N) is 1. The van der Waals surface area contributed by atoms with Crippen molar-refractivity contribution >= 4 is 15.9 Å². The van der Waals surface area contributed by atoms with Crippen LogP contribution in [0.25, 0.3) is 0 Å². The van der Waals surface area contributed by atoms with Gasteiger partial charge in [0, 0.05) is 12.7 Å². The van der Waals surface area contributed by atoms with Gasteiger partial charge in [0.05, 0.1) is 11.0 Å². The Morgan fingerprint density at radius 2 is 1.76 bits per heavy atom. The highest BCUT2D eigenvalue weighted by molar-refractivity contribution is 9.10. The van der Waals surface area contributed by atoms with Crippen molar-refractivity contribution in [2.24, 2.45) is 5.73 Å². The largest absolute Gasteiger partial charge is 0.326 e. The number of hydrogen-bond acceptors (Lipinski definition) is 2. The second-order valence-corrected chi connectivity index (χ2v) is 4.66. The molecule has 2 rings (SSSR count). The van der Waals surface area contributed by atoms with Gasteiger partial charge in [-0.25, -0.2) is 0 Å². The normalized spacial score (nSPS) is 10.5. The zero-order valence-electron chi connectivity index (χ0n) is 9.27. The maximum atomic E-state index is 11.8. The second kappa shape index (κ2) is 5.29. The van der Waals surface area contributed by atoms with Gasteiger partial charge in [-0.15, -0.1) is 0 Å². The average molecular weight is 293 g/mol. The maximum Gasteiger partial charge on any atom is 0.265 e. The van der Waals surface area contributed by atoms with Crippen molar-refractivity contribution in [3.8, 4) is 0 Å². The van der Waals surface area contributed by atoms with Crippen LogP contribution in [0.5, 0.6) is 0 Å². The fourth-order valence-corrected chi connectivity index (χ4v) is 1.99. The number of nitrogens with zero attached hydrogens (tertiary/aromatic N) is 1. The lowest BCUT2D eigenvalue weighted by Crippen LogP contribution is -2.20. The van der Waals surface area contributed by atoms with E-state index in [1.165, 1.54) is 0 Å². The predicted molar refractivity (Wildman–Crippen MR) is 71.8 cm³/mol. The number of benzene rings is 1. The van der Waals surface area contributed by atoms with E-state index in [-0.39, 0.29) is 5.56 Å². The van der Waals surface area contributed by atoms with Crippen LogP contribution in [-0.4, -0.2) is 4.57 Å². The standard InChI is InChI=1S/C13H13BrN2O/c14-12-2-1-7-16(13(12)17)9-11-5-3-10(8-15)4-6-11/h1-7H,8-9,15H2. The lowest BCUT2D eigenvalue weighted by molar-refractivity contribution is 0.754. The third kappa shape index (κ3) is 2.84. The molecule has 0 amide bonds. The highest BCUT2D eigenvalue weighted by Crippen LogP contribution is 2.06.